The van der Waals surface area contributed by atoms with Gasteiger partial charge in [0.2, 0.25) is 0 Å². The standard InChI is InChI=1S/C11H16O.C2H6/c1-4-10-6-7-11(12-5-2)9(3)8-10;1-2/h6-8H,4-5H2,1-3H3;1-2H3. The van der Waals surface area contributed by atoms with Crippen LogP contribution in [0.1, 0.15) is 38.8 Å². The van der Waals surface area contributed by atoms with Crippen LogP contribution < -0.4 is 4.74 Å². The lowest BCUT2D eigenvalue weighted by Crippen LogP contribution is -1.94. The first-order valence-corrected chi connectivity index (χ1v) is 5.50. The van der Waals surface area contributed by atoms with Gasteiger partial charge in [0, 0.05) is 0 Å². The molecule has 0 radical (unpaired) electrons. The van der Waals surface area contributed by atoms with Crippen LogP contribution in [0, 0.1) is 6.92 Å². The first kappa shape index (κ1) is 13.0. The van der Waals surface area contributed by atoms with Gasteiger partial charge in [-0.1, -0.05) is 32.9 Å². The normalized spacial score (nSPS) is 8.93. The first-order valence-electron chi connectivity index (χ1n) is 5.50. The molecule has 80 valence electrons. The van der Waals surface area contributed by atoms with Crippen molar-refractivity contribution in [3.63, 3.8) is 0 Å². The van der Waals surface area contributed by atoms with Crippen LogP contribution >= 0.6 is 0 Å². The second-order valence-corrected chi connectivity index (χ2v) is 2.89. The molecule has 1 heteroatoms. The van der Waals surface area contributed by atoms with E-state index in [0.717, 1.165) is 18.8 Å². The van der Waals surface area contributed by atoms with E-state index in [1.807, 2.05) is 20.8 Å². The van der Waals surface area contributed by atoms with Crippen LogP contribution in [-0.4, -0.2) is 6.61 Å². The summed E-state index contributed by atoms with van der Waals surface area (Å²) in [7, 11) is 0. The Hall–Kier alpha value is -0.980. The molecule has 0 aliphatic heterocycles. The molecule has 1 rings (SSSR count). The third-order valence-corrected chi connectivity index (χ3v) is 1.95. The van der Waals surface area contributed by atoms with Crippen molar-refractivity contribution in [1.29, 1.82) is 0 Å². The largest absolute Gasteiger partial charge is 0.494 e. The molecule has 1 aromatic carbocycles. The lowest BCUT2D eigenvalue weighted by atomic mass is 10.1. The van der Waals surface area contributed by atoms with Gasteiger partial charge in [0.25, 0.3) is 0 Å². The number of aryl methyl sites for hydroxylation is 2. The third-order valence-electron chi connectivity index (χ3n) is 1.95. The van der Waals surface area contributed by atoms with Gasteiger partial charge in [0.15, 0.2) is 0 Å². The molecule has 0 bridgehead atoms. The predicted octanol–water partition coefficient (Wildman–Crippen LogP) is 3.98. The Labute approximate surface area is 88.1 Å². The van der Waals surface area contributed by atoms with Gasteiger partial charge in [-0.05, 0) is 37.5 Å². The maximum atomic E-state index is 5.44. The summed E-state index contributed by atoms with van der Waals surface area (Å²) in [6.07, 6.45) is 1.09. The molecule has 0 saturated heterocycles. The van der Waals surface area contributed by atoms with Crippen molar-refractivity contribution in [1.82, 2.24) is 0 Å². The van der Waals surface area contributed by atoms with E-state index < -0.39 is 0 Å². The molecule has 0 aromatic heterocycles. The van der Waals surface area contributed by atoms with Crippen molar-refractivity contribution in [2.75, 3.05) is 6.61 Å². The Morgan fingerprint density at radius 1 is 1.14 bits per heavy atom. The van der Waals surface area contributed by atoms with Crippen molar-refractivity contribution < 1.29 is 4.74 Å². The molecular formula is C13H22O. The summed E-state index contributed by atoms with van der Waals surface area (Å²) < 4.78 is 5.44. The molecule has 14 heavy (non-hydrogen) atoms. The first-order chi connectivity index (χ1) is 6.77. The van der Waals surface area contributed by atoms with Gasteiger partial charge >= 0.3 is 0 Å². The van der Waals surface area contributed by atoms with E-state index >= 15 is 0 Å². The lowest BCUT2D eigenvalue weighted by Gasteiger charge is -2.07. The van der Waals surface area contributed by atoms with E-state index in [1.165, 1.54) is 11.1 Å². The molecule has 0 amide bonds. The highest BCUT2D eigenvalue weighted by Crippen LogP contribution is 2.18. The van der Waals surface area contributed by atoms with Crippen molar-refractivity contribution in [3.8, 4) is 5.75 Å². The van der Waals surface area contributed by atoms with E-state index in [-0.39, 0.29) is 0 Å². The van der Waals surface area contributed by atoms with Gasteiger partial charge in [-0.2, -0.15) is 0 Å². The maximum absolute atomic E-state index is 5.44. The van der Waals surface area contributed by atoms with Gasteiger partial charge in [-0.3, -0.25) is 0 Å². The number of benzene rings is 1. The summed E-state index contributed by atoms with van der Waals surface area (Å²) in [4.78, 5) is 0. The Balaban J connectivity index is 0.000000791. The monoisotopic (exact) mass is 194 g/mol. The van der Waals surface area contributed by atoms with Crippen molar-refractivity contribution in [2.45, 2.75) is 41.0 Å². The van der Waals surface area contributed by atoms with Crippen LogP contribution in [0.25, 0.3) is 0 Å². The highest BCUT2D eigenvalue weighted by Gasteiger charge is 1.98. The second-order valence-electron chi connectivity index (χ2n) is 2.89. The van der Waals surface area contributed by atoms with Crippen molar-refractivity contribution in [2.24, 2.45) is 0 Å². The minimum Gasteiger partial charge on any atom is -0.494 e. The molecule has 0 aliphatic rings. The molecule has 0 atom stereocenters. The van der Waals surface area contributed by atoms with Gasteiger partial charge in [0.05, 0.1) is 6.61 Å². The van der Waals surface area contributed by atoms with E-state index in [9.17, 15) is 0 Å². The number of ether oxygens (including phenoxy) is 1. The zero-order chi connectivity index (χ0) is 11.0. The van der Waals surface area contributed by atoms with Crippen LogP contribution in [-0.2, 0) is 6.42 Å². The number of hydrogen-bond acceptors (Lipinski definition) is 1. The Kier molecular flexibility index (Phi) is 6.91. The summed E-state index contributed by atoms with van der Waals surface area (Å²) in [5, 5.41) is 0. The summed E-state index contributed by atoms with van der Waals surface area (Å²) in [6, 6.07) is 6.36. The third kappa shape index (κ3) is 3.82. The highest BCUT2D eigenvalue weighted by molar-refractivity contribution is 5.36. The van der Waals surface area contributed by atoms with Crippen molar-refractivity contribution >= 4 is 0 Å². The molecule has 0 N–H and O–H groups in total. The van der Waals surface area contributed by atoms with E-state index in [2.05, 4.69) is 32.0 Å². The highest BCUT2D eigenvalue weighted by atomic mass is 16.5. The summed E-state index contributed by atoms with van der Waals surface area (Å²) in [6.45, 7) is 11.0. The van der Waals surface area contributed by atoms with Gasteiger partial charge in [0.1, 0.15) is 5.75 Å². The van der Waals surface area contributed by atoms with Gasteiger partial charge < -0.3 is 4.74 Å². The van der Waals surface area contributed by atoms with Crippen LogP contribution in [0.5, 0.6) is 5.75 Å². The second kappa shape index (κ2) is 7.43. The summed E-state index contributed by atoms with van der Waals surface area (Å²) in [5.74, 6) is 1.01. The summed E-state index contributed by atoms with van der Waals surface area (Å²) >= 11 is 0. The molecule has 0 aliphatic carbocycles. The maximum Gasteiger partial charge on any atom is 0.122 e. The topological polar surface area (TPSA) is 9.23 Å². The van der Waals surface area contributed by atoms with E-state index in [1.54, 1.807) is 0 Å². The van der Waals surface area contributed by atoms with E-state index in [0.29, 0.717) is 0 Å². The SMILES string of the molecule is CC.CCOc1ccc(CC)cc1C. The zero-order valence-electron chi connectivity index (χ0n) is 10.1. The van der Waals surface area contributed by atoms with Gasteiger partial charge in [-0.25, -0.2) is 0 Å². The molecule has 0 fully saturated rings. The van der Waals surface area contributed by atoms with Crippen LogP contribution in [0.2, 0.25) is 0 Å². The molecular weight excluding hydrogens is 172 g/mol. The molecule has 1 aromatic rings. The predicted molar refractivity (Wildman–Crippen MR) is 63.1 cm³/mol. The minimum atomic E-state index is 0.742. The molecule has 0 saturated carbocycles. The Morgan fingerprint density at radius 3 is 2.21 bits per heavy atom. The van der Waals surface area contributed by atoms with Crippen LogP contribution in [0.3, 0.4) is 0 Å². The Bertz CT molecular complexity index is 253. The van der Waals surface area contributed by atoms with Crippen LogP contribution in [0.15, 0.2) is 18.2 Å². The quantitative estimate of drug-likeness (QED) is 0.707. The number of hydrogen-bond donors (Lipinski definition) is 0. The molecule has 0 heterocycles. The fraction of sp³-hybridized carbons (Fsp3) is 0.538. The fourth-order valence-corrected chi connectivity index (χ4v) is 1.25. The molecule has 1 nitrogen and oxygen atoms in total. The van der Waals surface area contributed by atoms with Gasteiger partial charge in [-0.15, -0.1) is 0 Å². The molecule has 0 unspecified atom stereocenters. The Morgan fingerprint density at radius 2 is 1.79 bits per heavy atom. The zero-order valence-corrected chi connectivity index (χ0v) is 10.1. The lowest BCUT2D eigenvalue weighted by molar-refractivity contribution is 0.338. The fourth-order valence-electron chi connectivity index (χ4n) is 1.25. The van der Waals surface area contributed by atoms with Crippen molar-refractivity contribution in [3.05, 3.63) is 29.3 Å². The van der Waals surface area contributed by atoms with E-state index in [4.69, 9.17) is 4.74 Å². The number of rotatable bonds is 3. The smallest absolute Gasteiger partial charge is 0.122 e. The molecule has 0 spiro atoms. The average Bonchev–Trinajstić information content (AvgIpc) is 2.24. The summed E-state index contributed by atoms with van der Waals surface area (Å²) in [5.41, 5.74) is 2.60. The average molecular weight is 194 g/mol. The minimum absolute atomic E-state index is 0.742. The van der Waals surface area contributed by atoms with Crippen LogP contribution in [0.4, 0.5) is 0 Å².